The third-order valence-electron chi connectivity index (χ3n) is 2.21. The van der Waals surface area contributed by atoms with Gasteiger partial charge in [-0.1, -0.05) is 16.8 Å². The molecule has 0 saturated heterocycles. The van der Waals surface area contributed by atoms with Gasteiger partial charge in [0.15, 0.2) is 0 Å². The Bertz CT molecular complexity index is 582. The van der Waals surface area contributed by atoms with Gasteiger partial charge in [-0.3, -0.25) is 4.79 Å². The smallest absolute Gasteiger partial charge is 0.292 e. The maximum Gasteiger partial charge on any atom is 0.292 e. The van der Waals surface area contributed by atoms with E-state index in [-0.39, 0.29) is 17.6 Å². The zero-order chi connectivity index (χ0) is 13.1. The van der Waals surface area contributed by atoms with Gasteiger partial charge in [0.05, 0.1) is 10.7 Å². The number of nitrogen functional groups attached to an aromatic ring is 1. The first-order valence-corrected chi connectivity index (χ1v) is 5.67. The molecular weight excluding hydrogens is 256 g/mol. The largest absolute Gasteiger partial charge is 0.398 e. The van der Waals surface area contributed by atoms with Crippen molar-refractivity contribution < 1.29 is 9.32 Å². The van der Waals surface area contributed by atoms with Crippen molar-refractivity contribution in [2.24, 2.45) is 0 Å². The molecule has 0 spiro atoms. The minimum atomic E-state index is -0.381. The second kappa shape index (κ2) is 5.05. The molecule has 0 bridgehead atoms. The Morgan fingerprint density at radius 2 is 2.33 bits per heavy atom. The number of carbonyl (C=O) groups is 1. The summed E-state index contributed by atoms with van der Waals surface area (Å²) >= 11 is 5.89. The summed E-state index contributed by atoms with van der Waals surface area (Å²) in [6, 6.07) is 4.93. The van der Waals surface area contributed by atoms with Crippen LogP contribution < -0.4 is 11.1 Å². The molecule has 2 aromatic rings. The first-order chi connectivity index (χ1) is 8.61. The molecule has 1 heterocycles. The molecule has 0 fully saturated rings. The van der Waals surface area contributed by atoms with Crippen LogP contribution in [0.5, 0.6) is 0 Å². The van der Waals surface area contributed by atoms with Crippen molar-refractivity contribution in [2.75, 3.05) is 12.3 Å². The van der Waals surface area contributed by atoms with E-state index in [4.69, 9.17) is 21.9 Å². The number of benzene rings is 1. The average molecular weight is 267 g/mol. The molecular formula is C11H11ClN4O2. The Balaban J connectivity index is 2.29. The molecule has 0 aliphatic heterocycles. The maximum atomic E-state index is 11.5. The van der Waals surface area contributed by atoms with Gasteiger partial charge in [0.1, 0.15) is 0 Å². The zero-order valence-corrected chi connectivity index (χ0v) is 10.4. The predicted octanol–water partition coefficient (Wildman–Crippen LogP) is 1.72. The van der Waals surface area contributed by atoms with Crippen molar-refractivity contribution in [1.82, 2.24) is 15.5 Å². The Morgan fingerprint density at radius 3 is 3.00 bits per heavy atom. The highest BCUT2D eigenvalue weighted by Crippen LogP contribution is 2.25. The summed E-state index contributed by atoms with van der Waals surface area (Å²) in [5.74, 6) is -0.174. The average Bonchev–Trinajstić information content (AvgIpc) is 2.82. The fourth-order valence-electron chi connectivity index (χ4n) is 1.33. The van der Waals surface area contributed by atoms with Crippen LogP contribution in [0, 0.1) is 0 Å². The van der Waals surface area contributed by atoms with Crippen LogP contribution in [0.2, 0.25) is 5.02 Å². The molecule has 0 saturated carbocycles. The summed E-state index contributed by atoms with van der Waals surface area (Å²) in [5, 5.41) is 6.56. The van der Waals surface area contributed by atoms with Gasteiger partial charge in [0.25, 0.3) is 17.6 Å². The summed E-state index contributed by atoms with van der Waals surface area (Å²) in [6.07, 6.45) is 0. The molecule has 0 atom stereocenters. The van der Waals surface area contributed by atoms with Gasteiger partial charge in [-0.05, 0) is 25.1 Å². The van der Waals surface area contributed by atoms with Gasteiger partial charge in [-0.15, -0.1) is 0 Å². The predicted molar refractivity (Wildman–Crippen MR) is 67.2 cm³/mol. The highest BCUT2D eigenvalue weighted by molar-refractivity contribution is 6.33. The molecule has 3 N–H and O–H groups in total. The van der Waals surface area contributed by atoms with E-state index in [9.17, 15) is 4.79 Å². The van der Waals surface area contributed by atoms with Crippen LogP contribution in [0.4, 0.5) is 5.69 Å². The van der Waals surface area contributed by atoms with Crippen LogP contribution in [0.3, 0.4) is 0 Å². The molecule has 94 valence electrons. The van der Waals surface area contributed by atoms with Crippen LogP contribution in [-0.2, 0) is 0 Å². The number of rotatable bonds is 3. The lowest BCUT2D eigenvalue weighted by atomic mass is 10.2. The molecule has 6 nitrogen and oxygen atoms in total. The van der Waals surface area contributed by atoms with Gasteiger partial charge in [-0.2, -0.15) is 4.98 Å². The quantitative estimate of drug-likeness (QED) is 0.825. The van der Waals surface area contributed by atoms with Gasteiger partial charge in [0, 0.05) is 12.1 Å². The minimum Gasteiger partial charge on any atom is -0.398 e. The van der Waals surface area contributed by atoms with Crippen LogP contribution in [0.15, 0.2) is 22.7 Å². The molecule has 18 heavy (non-hydrogen) atoms. The fourth-order valence-corrected chi connectivity index (χ4v) is 1.51. The Labute approximate surface area is 108 Å². The zero-order valence-electron chi connectivity index (χ0n) is 9.61. The van der Waals surface area contributed by atoms with Crippen molar-refractivity contribution >= 4 is 23.2 Å². The van der Waals surface area contributed by atoms with Gasteiger partial charge >= 0.3 is 0 Å². The number of nitrogens with two attached hydrogens (primary N) is 1. The number of amides is 1. The Morgan fingerprint density at radius 1 is 1.56 bits per heavy atom. The summed E-state index contributed by atoms with van der Waals surface area (Å²) < 4.78 is 4.99. The number of carbonyl (C=O) groups excluding carboxylic acids is 1. The van der Waals surface area contributed by atoms with E-state index < -0.39 is 0 Å². The van der Waals surface area contributed by atoms with Crippen LogP contribution in [-0.4, -0.2) is 22.6 Å². The molecule has 0 radical (unpaired) electrons. The molecule has 1 aromatic carbocycles. The highest BCUT2D eigenvalue weighted by atomic mass is 35.5. The maximum absolute atomic E-state index is 11.5. The van der Waals surface area contributed by atoms with E-state index in [1.807, 2.05) is 0 Å². The number of halogens is 1. The number of nitrogens with zero attached hydrogens (tertiary/aromatic N) is 2. The first kappa shape index (κ1) is 12.4. The third kappa shape index (κ3) is 2.43. The molecule has 7 heteroatoms. The van der Waals surface area contributed by atoms with Crippen molar-refractivity contribution in [3.63, 3.8) is 0 Å². The van der Waals surface area contributed by atoms with Gasteiger partial charge in [-0.25, -0.2) is 0 Å². The van der Waals surface area contributed by atoms with Crippen LogP contribution >= 0.6 is 11.6 Å². The normalized spacial score (nSPS) is 10.3. The van der Waals surface area contributed by atoms with E-state index in [1.54, 1.807) is 25.1 Å². The number of nitrogens with one attached hydrogen (secondary N) is 1. The third-order valence-corrected chi connectivity index (χ3v) is 2.54. The van der Waals surface area contributed by atoms with E-state index in [0.717, 1.165) is 0 Å². The highest BCUT2D eigenvalue weighted by Gasteiger charge is 2.15. The minimum absolute atomic E-state index is 0.0141. The van der Waals surface area contributed by atoms with E-state index in [2.05, 4.69) is 15.5 Å². The monoisotopic (exact) mass is 266 g/mol. The SMILES string of the molecule is CCNC(=O)c1noc(-c2ccc(N)c(Cl)c2)n1. The number of anilines is 1. The van der Waals surface area contributed by atoms with E-state index in [0.29, 0.717) is 22.8 Å². The van der Waals surface area contributed by atoms with E-state index in [1.165, 1.54) is 0 Å². The standard InChI is InChI=1S/C11H11ClN4O2/c1-2-14-10(17)9-15-11(18-16-9)6-3-4-8(13)7(12)5-6/h3-5H,2,13H2,1H3,(H,14,17). The molecule has 1 amide bonds. The number of hydrogen-bond acceptors (Lipinski definition) is 5. The van der Waals surface area contributed by atoms with Crippen molar-refractivity contribution in [3.05, 3.63) is 29.0 Å². The van der Waals surface area contributed by atoms with Crippen molar-refractivity contribution in [2.45, 2.75) is 6.92 Å². The molecule has 1 aromatic heterocycles. The van der Waals surface area contributed by atoms with E-state index >= 15 is 0 Å². The second-order valence-corrected chi connectivity index (χ2v) is 3.93. The Kier molecular flexibility index (Phi) is 3.47. The molecule has 0 unspecified atom stereocenters. The fraction of sp³-hybridized carbons (Fsp3) is 0.182. The van der Waals surface area contributed by atoms with Gasteiger partial charge in [0.2, 0.25) is 0 Å². The lowest BCUT2D eigenvalue weighted by Crippen LogP contribution is -2.23. The lowest BCUT2D eigenvalue weighted by Gasteiger charge is -1.98. The number of aromatic nitrogens is 2. The number of hydrogen-bond donors (Lipinski definition) is 2. The second-order valence-electron chi connectivity index (χ2n) is 3.52. The summed E-state index contributed by atoms with van der Waals surface area (Å²) in [5.41, 5.74) is 6.67. The van der Waals surface area contributed by atoms with Crippen molar-refractivity contribution in [3.8, 4) is 11.5 Å². The summed E-state index contributed by atoms with van der Waals surface area (Å²) in [4.78, 5) is 15.4. The van der Waals surface area contributed by atoms with Gasteiger partial charge < -0.3 is 15.6 Å². The summed E-state index contributed by atoms with van der Waals surface area (Å²) in [7, 11) is 0. The van der Waals surface area contributed by atoms with Crippen LogP contribution in [0.25, 0.3) is 11.5 Å². The molecule has 0 aliphatic carbocycles. The molecule has 2 rings (SSSR count). The van der Waals surface area contributed by atoms with Crippen molar-refractivity contribution in [1.29, 1.82) is 0 Å². The topological polar surface area (TPSA) is 94.0 Å². The summed E-state index contributed by atoms with van der Waals surface area (Å²) in [6.45, 7) is 2.30. The van der Waals surface area contributed by atoms with Crippen LogP contribution in [0.1, 0.15) is 17.5 Å². The lowest BCUT2D eigenvalue weighted by molar-refractivity contribution is 0.0942. The molecule has 0 aliphatic rings. The Hall–Kier alpha value is -2.08. The first-order valence-electron chi connectivity index (χ1n) is 5.29.